The van der Waals surface area contributed by atoms with E-state index in [9.17, 15) is 10.1 Å². The fraction of sp³-hybridized carbons (Fsp3) is 0.444. The van der Waals surface area contributed by atoms with E-state index in [-0.39, 0.29) is 24.5 Å². The van der Waals surface area contributed by atoms with Crippen LogP contribution in [-0.2, 0) is 11.3 Å². The van der Waals surface area contributed by atoms with E-state index < -0.39 is 4.92 Å². The Kier molecular flexibility index (Phi) is 2.74. The van der Waals surface area contributed by atoms with Crippen LogP contribution in [0.3, 0.4) is 0 Å². The molecule has 1 aliphatic heterocycles. The number of nitro groups is 1. The summed E-state index contributed by atoms with van der Waals surface area (Å²) in [5.41, 5.74) is 0. The molecule has 0 bridgehead atoms. The van der Waals surface area contributed by atoms with E-state index in [1.54, 1.807) is 4.57 Å². The van der Waals surface area contributed by atoms with E-state index in [1.165, 1.54) is 6.20 Å². The monoisotopic (exact) mass is 223 g/mol. The fourth-order valence-electron chi connectivity index (χ4n) is 1.43. The zero-order valence-corrected chi connectivity index (χ0v) is 8.33. The van der Waals surface area contributed by atoms with Crippen molar-refractivity contribution >= 4 is 5.82 Å². The van der Waals surface area contributed by atoms with Gasteiger partial charge in [0.15, 0.2) is 0 Å². The molecule has 0 radical (unpaired) electrons. The van der Waals surface area contributed by atoms with E-state index in [0.29, 0.717) is 13.2 Å². The molecule has 1 aromatic heterocycles. The van der Waals surface area contributed by atoms with Crippen molar-refractivity contribution in [2.24, 2.45) is 0 Å². The smallest absolute Gasteiger partial charge is 0.414 e. The van der Waals surface area contributed by atoms with Crippen LogP contribution in [0.15, 0.2) is 6.20 Å². The summed E-state index contributed by atoms with van der Waals surface area (Å²) in [5.74, 6) is 2.12. The predicted molar refractivity (Wildman–Crippen MR) is 52.9 cm³/mol. The lowest BCUT2D eigenvalue weighted by atomic mass is 10.3. The van der Waals surface area contributed by atoms with Gasteiger partial charge in [0.1, 0.15) is 25.5 Å². The maximum atomic E-state index is 10.5. The predicted octanol–water partition coefficient (Wildman–Crippen LogP) is 0.202. The number of aromatic nitrogens is 2. The molecule has 0 saturated heterocycles. The van der Waals surface area contributed by atoms with Gasteiger partial charge in [-0.25, -0.2) is 0 Å². The average Bonchev–Trinajstić information content (AvgIpc) is 2.69. The standard InChI is InChI=1S/C9H9N3O4/c1-2-3-15-7-4-11-5-8(12(13)14)10-9(11)16-6-7/h1,5,7H,3-4,6H2. The third-order valence-corrected chi connectivity index (χ3v) is 2.12. The van der Waals surface area contributed by atoms with Crippen molar-refractivity contribution < 1.29 is 14.4 Å². The molecule has 1 aliphatic rings. The molecule has 0 aliphatic carbocycles. The van der Waals surface area contributed by atoms with Crippen molar-refractivity contribution in [2.45, 2.75) is 12.6 Å². The summed E-state index contributed by atoms with van der Waals surface area (Å²) < 4.78 is 12.0. The molecule has 0 saturated carbocycles. The Morgan fingerprint density at radius 1 is 1.88 bits per heavy atom. The first-order valence-corrected chi connectivity index (χ1v) is 4.60. The number of terminal acetylenes is 1. The number of hydrogen-bond donors (Lipinski definition) is 0. The van der Waals surface area contributed by atoms with Crippen molar-refractivity contribution in [2.75, 3.05) is 13.2 Å². The first-order valence-electron chi connectivity index (χ1n) is 4.60. The molecule has 2 heterocycles. The van der Waals surface area contributed by atoms with Gasteiger partial charge in [-0.3, -0.25) is 4.57 Å². The Morgan fingerprint density at radius 3 is 3.38 bits per heavy atom. The third kappa shape index (κ3) is 1.97. The van der Waals surface area contributed by atoms with Crippen LogP contribution in [0.2, 0.25) is 0 Å². The zero-order chi connectivity index (χ0) is 11.5. The van der Waals surface area contributed by atoms with Crippen molar-refractivity contribution in [3.05, 3.63) is 16.3 Å². The van der Waals surface area contributed by atoms with Crippen LogP contribution in [-0.4, -0.2) is 33.8 Å². The van der Waals surface area contributed by atoms with Crippen molar-refractivity contribution in [3.63, 3.8) is 0 Å². The lowest BCUT2D eigenvalue weighted by Gasteiger charge is -2.21. The molecule has 16 heavy (non-hydrogen) atoms. The lowest BCUT2D eigenvalue weighted by molar-refractivity contribution is -0.389. The molecule has 0 fully saturated rings. The molecule has 0 spiro atoms. The van der Waals surface area contributed by atoms with E-state index in [0.717, 1.165) is 0 Å². The summed E-state index contributed by atoms with van der Waals surface area (Å²) >= 11 is 0. The number of nitrogens with zero attached hydrogens (tertiary/aromatic N) is 3. The highest BCUT2D eigenvalue weighted by atomic mass is 16.6. The summed E-state index contributed by atoms with van der Waals surface area (Å²) in [6, 6.07) is 0.243. The second-order valence-corrected chi connectivity index (χ2v) is 3.24. The molecule has 1 unspecified atom stereocenters. The van der Waals surface area contributed by atoms with Crippen LogP contribution in [0, 0.1) is 22.5 Å². The number of rotatable bonds is 3. The molecule has 1 aromatic rings. The summed E-state index contributed by atoms with van der Waals surface area (Å²) in [6.45, 7) is 0.952. The molecule has 1 atom stereocenters. The van der Waals surface area contributed by atoms with Gasteiger partial charge in [0.2, 0.25) is 0 Å². The van der Waals surface area contributed by atoms with Gasteiger partial charge in [-0.2, -0.15) is 0 Å². The van der Waals surface area contributed by atoms with Crippen LogP contribution in [0.4, 0.5) is 5.82 Å². The highest BCUT2D eigenvalue weighted by Crippen LogP contribution is 2.22. The summed E-state index contributed by atoms with van der Waals surface area (Å²) in [7, 11) is 0. The van der Waals surface area contributed by atoms with Gasteiger partial charge in [0.05, 0.1) is 6.54 Å². The van der Waals surface area contributed by atoms with Crippen LogP contribution < -0.4 is 4.74 Å². The van der Waals surface area contributed by atoms with Gasteiger partial charge < -0.3 is 19.6 Å². The molecule has 0 aromatic carbocycles. The largest absolute Gasteiger partial charge is 0.443 e. The minimum atomic E-state index is -0.564. The summed E-state index contributed by atoms with van der Waals surface area (Å²) in [5, 5.41) is 10.5. The van der Waals surface area contributed by atoms with Crippen LogP contribution in [0.5, 0.6) is 6.01 Å². The number of ether oxygens (including phenoxy) is 2. The van der Waals surface area contributed by atoms with Crippen LogP contribution in [0.1, 0.15) is 0 Å². The minimum absolute atomic E-state index is 0.195. The van der Waals surface area contributed by atoms with E-state index in [1.807, 2.05) is 0 Å². The second-order valence-electron chi connectivity index (χ2n) is 3.24. The van der Waals surface area contributed by atoms with Gasteiger partial charge in [0, 0.05) is 4.98 Å². The first-order chi connectivity index (χ1) is 7.70. The molecule has 2 rings (SSSR count). The minimum Gasteiger partial charge on any atom is -0.443 e. The Labute approximate surface area is 91.1 Å². The average molecular weight is 223 g/mol. The molecule has 0 amide bonds. The highest BCUT2D eigenvalue weighted by molar-refractivity contribution is 5.21. The molecular formula is C9H9N3O4. The molecule has 84 valence electrons. The quantitative estimate of drug-likeness (QED) is 0.415. The van der Waals surface area contributed by atoms with Gasteiger partial charge in [-0.05, 0) is 4.92 Å². The van der Waals surface area contributed by atoms with Gasteiger partial charge in [-0.1, -0.05) is 5.92 Å². The van der Waals surface area contributed by atoms with Crippen LogP contribution in [0.25, 0.3) is 0 Å². The van der Waals surface area contributed by atoms with E-state index >= 15 is 0 Å². The molecule has 0 N–H and O–H groups in total. The number of hydrogen-bond acceptors (Lipinski definition) is 5. The number of imidazole rings is 1. The maximum absolute atomic E-state index is 10.5. The van der Waals surface area contributed by atoms with E-state index in [4.69, 9.17) is 15.9 Å². The Balaban J connectivity index is 2.09. The molecule has 7 heteroatoms. The SMILES string of the molecule is C#CCOC1COc2nc([N+](=O)[O-])cn2C1. The molecule has 7 nitrogen and oxygen atoms in total. The first kappa shape index (κ1) is 10.4. The number of fused-ring (bicyclic) bond motifs is 1. The summed E-state index contributed by atoms with van der Waals surface area (Å²) in [6.07, 6.45) is 6.18. The fourth-order valence-corrected chi connectivity index (χ4v) is 1.43. The van der Waals surface area contributed by atoms with Crippen LogP contribution >= 0.6 is 0 Å². The van der Waals surface area contributed by atoms with Crippen molar-refractivity contribution in [1.82, 2.24) is 9.55 Å². The van der Waals surface area contributed by atoms with Gasteiger partial charge in [0.25, 0.3) is 0 Å². The Bertz CT molecular complexity index is 448. The van der Waals surface area contributed by atoms with Gasteiger partial charge >= 0.3 is 11.8 Å². The Hall–Kier alpha value is -2.07. The van der Waals surface area contributed by atoms with Crippen molar-refractivity contribution in [3.8, 4) is 18.4 Å². The topological polar surface area (TPSA) is 79.4 Å². The molecular weight excluding hydrogens is 214 g/mol. The van der Waals surface area contributed by atoms with Crippen molar-refractivity contribution in [1.29, 1.82) is 0 Å². The van der Waals surface area contributed by atoms with Gasteiger partial charge in [-0.15, -0.1) is 6.42 Å². The Morgan fingerprint density at radius 2 is 2.69 bits per heavy atom. The lowest BCUT2D eigenvalue weighted by Crippen LogP contribution is -2.32. The highest BCUT2D eigenvalue weighted by Gasteiger charge is 2.27. The second kappa shape index (κ2) is 4.20. The normalized spacial score (nSPS) is 18.3. The maximum Gasteiger partial charge on any atom is 0.414 e. The van der Waals surface area contributed by atoms with E-state index in [2.05, 4.69) is 10.9 Å². The third-order valence-electron chi connectivity index (χ3n) is 2.12. The zero-order valence-electron chi connectivity index (χ0n) is 8.33. The summed E-state index contributed by atoms with van der Waals surface area (Å²) in [4.78, 5) is 13.6.